The van der Waals surface area contributed by atoms with E-state index < -0.39 is 5.97 Å². The van der Waals surface area contributed by atoms with E-state index in [1.54, 1.807) is 6.20 Å². The average molecular weight is 234 g/mol. The molecule has 0 bridgehead atoms. The van der Waals surface area contributed by atoms with Gasteiger partial charge in [0.25, 0.3) is 0 Å². The molecule has 6 heteroatoms. The molecule has 2 aromatic rings. The van der Waals surface area contributed by atoms with Gasteiger partial charge >= 0.3 is 5.97 Å². The molecule has 0 atom stereocenters. The van der Waals surface area contributed by atoms with Crippen molar-refractivity contribution in [2.45, 2.75) is 13.2 Å². The van der Waals surface area contributed by atoms with Crippen LogP contribution in [0.1, 0.15) is 21.9 Å². The second kappa shape index (κ2) is 5.22. The van der Waals surface area contributed by atoms with Gasteiger partial charge in [0.05, 0.1) is 12.3 Å². The van der Waals surface area contributed by atoms with Crippen molar-refractivity contribution in [1.29, 1.82) is 0 Å². The zero-order chi connectivity index (χ0) is 12.1. The van der Waals surface area contributed by atoms with E-state index in [0.717, 1.165) is 5.69 Å². The van der Waals surface area contributed by atoms with Crippen LogP contribution < -0.4 is 0 Å². The molecule has 0 saturated heterocycles. The highest BCUT2D eigenvalue weighted by atomic mass is 16.5. The normalized spacial score (nSPS) is 10.4. The standard InChI is InChI=1S/C11H10N2O4/c14-11(15)10-5-9(17-13-10)7-16-6-8-3-1-2-4-12-8/h1-5H,6-7H2,(H,14,15). The van der Waals surface area contributed by atoms with Gasteiger partial charge in [0.1, 0.15) is 6.61 Å². The number of carboxylic acids is 1. The van der Waals surface area contributed by atoms with Gasteiger partial charge in [-0.15, -0.1) is 0 Å². The van der Waals surface area contributed by atoms with Crippen LogP contribution in [-0.2, 0) is 18.0 Å². The van der Waals surface area contributed by atoms with Crippen LogP contribution in [0.4, 0.5) is 0 Å². The molecule has 0 spiro atoms. The molecule has 0 radical (unpaired) electrons. The third kappa shape index (κ3) is 3.12. The first-order valence-corrected chi connectivity index (χ1v) is 4.92. The summed E-state index contributed by atoms with van der Waals surface area (Å²) in [5.41, 5.74) is 0.673. The lowest BCUT2D eigenvalue weighted by Crippen LogP contribution is -1.96. The lowest BCUT2D eigenvalue weighted by atomic mass is 10.3. The van der Waals surface area contributed by atoms with Gasteiger partial charge < -0.3 is 14.4 Å². The number of hydrogen-bond donors (Lipinski definition) is 1. The molecule has 2 rings (SSSR count). The molecule has 0 aliphatic carbocycles. The van der Waals surface area contributed by atoms with E-state index in [1.165, 1.54) is 6.07 Å². The molecule has 2 heterocycles. The van der Waals surface area contributed by atoms with Crippen molar-refractivity contribution in [2.24, 2.45) is 0 Å². The Morgan fingerprint density at radius 3 is 2.94 bits per heavy atom. The molecule has 0 aliphatic rings. The lowest BCUT2D eigenvalue weighted by Gasteiger charge is -1.99. The van der Waals surface area contributed by atoms with Gasteiger partial charge in [-0.25, -0.2) is 4.79 Å². The Bertz CT molecular complexity index is 495. The molecule has 0 aliphatic heterocycles. The minimum absolute atomic E-state index is 0.124. The second-order valence-electron chi connectivity index (χ2n) is 3.30. The summed E-state index contributed by atoms with van der Waals surface area (Å²) in [7, 11) is 0. The number of ether oxygens (including phenoxy) is 1. The molecule has 0 saturated carbocycles. The van der Waals surface area contributed by atoms with Crippen molar-refractivity contribution in [3.05, 3.63) is 47.6 Å². The quantitative estimate of drug-likeness (QED) is 0.843. The molecule has 17 heavy (non-hydrogen) atoms. The van der Waals surface area contributed by atoms with Crippen LogP contribution >= 0.6 is 0 Å². The van der Waals surface area contributed by atoms with Gasteiger partial charge in [-0.2, -0.15) is 0 Å². The molecular weight excluding hydrogens is 224 g/mol. The molecule has 1 N–H and O–H groups in total. The summed E-state index contributed by atoms with van der Waals surface area (Å²) in [6.07, 6.45) is 1.68. The number of hydrogen-bond acceptors (Lipinski definition) is 5. The Hall–Kier alpha value is -2.21. The van der Waals surface area contributed by atoms with Crippen molar-refractivity contribution >= 4 is 5.97 Å². The zero-order valence-electron chi connectivity index (χ0n) is 8.87. The summed E-state index contributed by atoms with van der Waals surface area (Å²) in [6, 6.07) is 6.85. The van der Waals surface area contributed by atoms with Crippen molar-refractivity contribution in [1.82, 2.24) is 10.1 Å². The molecule has 0 unspecified atom stereocenters. The van der Waals surface area contributed by atoms with Crippen LogP contribution in [0, 0.1) is 0 Å². The van der Waals surface area contributed by atoms with Gasteiger partial charge in [0.15, 0.2) is 11.5 Å². The zero-order valence-corrected chi connectivity index (χ0v) is 8.87. The van der Waals surface area contributed by atoms with Crippen molar-refractivity contribution < 1.29 is 19.2 Å². The van der Waals surface area contributed by atoms with Crippen LogP contribution in [0.15, 0.2) is 35.0 Å². The van der Waals surface area contributed by atoms with E-state index in [2.05, 4.69) is 10.1 Å². The maximum atomic E-state index is 10.5. The van der Waals surface area contributed by atoms with Gasteiger partial charge in [0, 0.05) is 12.3 Å². The average Bonchev–Trinajstić information content (AvgIpc) is 2.79. The van der Waals surface area contributed by atoms with Crippen LogP contribution in [0.3, 0.4) is 0 Å². The molecule has 0 amide bonds. The highest BCUT2D eigenvalue weighted by Gasteiger charge is 2.10. The fourth-order valence-electron chi connectivity index (χ4n) is 1.22. The van der Waals surface area contributed by atoms with E-state index >= 15 is 0 Å². The first-order chi connectivity index (χ1) is 8.25. The van der Waals surface area contributed by atoms with Gasteiger partial charge in [-0.3, -0.25) is 4.98 Å². The largest absolute Gasteiger partial charge is 0.476 e. The summed E-state index contributed by atoms with van der Waals surface area (Å²) in [6.45, 7) is 0.501. The van der Waals surface area contributed by atoms with Crippen LogP contribution in [-0.4, -0.2) is 21.2 Å². The first kappa shape index (κ1) is 11.3. The Balaban J connectivity index is 1.84. The second-order valence-corrected chi connectivity index (χ2v) is 3.30. The van der Waals surface area contributed by atoms with E-state index in [-0.39, 0.29) is 12.3 Å². The summed E-state index contributed by atoms with van der Waals surface area (Å²) in [4.78, 5) is 14.6. The maximum Gasteiger partial charge on any atom is 0.358 e. The molecule has 0 fully saturated rings. The Kier molecular flexibility index (Phi) is 3.46. The van der Waals surface area contributed by atoms with Crippen molar-refractivity contribution in [3.8, 4) is 0 Å². The van der Waals surface area contributed by atoms with E-state index in [0.29, 0.717) is 12.4 Å². The smallest absolute Gasteiger partial charge is 0.358 e. The summed E-state index contributed by atoms with van der Waals surface area (Å²) in [5, 5.41) is 12.0. The van der Waals surface area contributed by atoms with E-state index in [9.17, 15) is 4.79 Å². The topological polar surface area (TPSA) is 85.5 Å². The highest BCUT2D eigenvalue weighted by Crippen LogP contribution is 2.06. The first-order valence-electron chi connectivity index (χ1n) is 4.92. The predicted molar refractivity (Wildman–Crippen MR) is 56.2 cm³/mol. The van der Waals surface area contributed by atoms with Crippen molar-refractivity contribution in [3.63, 3.8) is 0 Å². The number of rotatable bonds is 5. The molecule has 88 valence electrons. The van der Waals surface area contributed by atoms with Crippen molar-refractivity contribution in [2.75, 3.05) is 0 Å². The Labute approximate surface area is 96.8 Å². The molecule has 0 aromatic carbocycles. The summed E-state index contributed by atoms with van der Waals surface area (Å²) < 4.78 is 10.1. The monoisotopic (exact) mass is 234 g/mol. The number of aromatic carboxylic acids is 1. The van der Waals surface area contributed by atoms with Gasteiger partial charge in [-0.05, 0) is 12.1 Å². The van der Waals surface area contributed by atoms with Gasteiger partial charge in [0.2, 0.25) is 0 Å². The number of carboxylic acid groups (broad SMARTS) is 1. The third-order valence-corrected chi connectivity index (χ3v) is 2.00. The van der Waals surface area contributed by atoms with Gasteiger partial charge in [-0.1, -0.05) is 11.2 Å². The van der Waals surface area contributed by atoms with E-state index in [4.69, 9.17) is 14.4 Å². The SMILES string of the molecule is O=C(O)c1cc(COCc2ccccn2)on1. The number of nitrogens with zero attached hydrogens (tertiary/aromatic N) is 2. The third-order valence-electron chi connectivity index (χ3n) is 2.00. The fraction of sp³-hybridized carbons (Fsp3) is 0.182. The summed E-state index contributed by atoms with van der Waals surface area (Å²) in [5.74, 6) is -0.747. The summed E-state index contributed by atoms with van der Waals surface area (Å²) >= 11 is 0. The van der Waals surface area contributed by atoms with Crippen LogP contribution in [0.5, 0.6) is 0 Å². The van der Waals surface area contributed by atoms with Crippen LogP contribution in [0.2, 0.25) is 0 Å². The van der Waals surface area contributed by atoms with E-state index in [1.807, 2.05) is 18.2 Å². The predicted octanol–water partition coefficient (Wildman–Crippen LogP) is 1.48. The Morgan fingerprint density at radius 1 is 1.41 bits per heavy atom. The maximum absolute atomic E-state index is 10.5. The highest BCUT2D eigenvalue weighted by molar-refractivity contribution is 5.85. The lowest BCUT2D eigenvalue weighted by molar-refractivity contribution is 0.0683. The fourth-order valence-corrected chi connectivity index (χ4v) is 1.22. The Morgan fingerprint density at radius 2 is 2.29 bits per heavy atom. The van der Waals surface area contributed by atoms with Crippen LogP contribution in [0.25, 0.3) is 0 Å². The minimum Gasteiger partial charge on any atom is -0.476 e. The molecule has 6 nitrogen and oxygen atoms in total. The number of aromatic nitrogens is 2. The molecule has 2 aromatic heterocycles. The number of carbonyl (C=O) groups is 1. The minimum atomic E-state index is -1.12. The molecular formula is C11H10N2O4. The number of pyridine rings is 1.